The molecule has 0 aliphatic carbocycles. The van der Waals surface area contributed by atoms with E-state index >= 15 is 0 Å². The number of esters is 1. The number of carbonyl (C=O) groups excluding carboxylic acids is 1. The lowest BCUT2D eigenvalue weighted by atomic mass is 10.1. The summed E-state index contributed by atoms with van der Waals surface area (Å²) in [4.78, 5) is 14.2. The van der Waals surface area contributed by atoms with Gasteiger partial charge in [-0.25, -0.2) is 4.79 Å². The molecule has 0 aromatic heterocycles. The summed E-state index contributed by atoms with van der Waals surface area (Å²) in [5.41, 5.74) is 1.75. The zero-order valence-corrected chi connectivity index (χ0v) is 12.8. The molecular formula is C15H22ClNO3. The molecule has 1 aliphatic rings. The fourth-order valence-electron chi connectivity index (χ4n) is 2.13. The molecule has 1 unspecified atom stereocenters. The van der Waals surface area contributed by atoms with E-state index in [0.29, 0.717) is 5.56 Å². The number of nitrogens with zero attached hydrogens (tertiary/aromatic N) is 1. The summed E-state index contributed by atoms with van der Waals surface area (Å²) in [5, 5.41) is 0. The second-order valence-corrected chi connectivity index (χ2v) is 4.99. The van der Waals surface area contributed by atoms with E-state index in [1.54, 1.807) is 12.1 Å². The van der Waals surface area contributed by atoms with Crippen molar-refractivity contribution >= 4 is 18.4 Å². The average Bonchev–Trinajstić information content (AvgIpc) is 2.40. The molecule has 20 heavy (non-hydrogen) atoms. The molecule has 0 amide bonds. The van der Waals surface area contributed by atoms with Crippen LogP contribution < -0.4 is 0 Å². The third-order valence-electron chi connectivity index (χ3n) is 3.21. The Morgan fingerprint density at radius 1 is 1.30 bits per heavy atom. The maximum atomic E-state index is 11.9. The molecular weight excluding hydrogens is 278 g/mol. The van der Waals surface area contributed by atoms with Gasteiger partial charge in [0.2, 0.25) is 0 Å². The maximum Gasteiger partial charge on any atom is 0.338 e. The summed E-state index contributed by atoms with van der Waals surface area (Å²) in [6, 6.07) is 7.45. The molecule has 1 heterocycles. The number of ether oxygens (including phenoxy) is 2. The number of rotatable bonds is 4. The number of hydrogen-bond acceptors (Lipinski definition) is 4. The van der Waals surface area contributed by atoms with Gasteiger partial charge in [0, 0.05) is 19.6 Å². The topological polar surface area (TPSA) is 38.8 Å². The van der Waals surface area contributed by atoms with Crippen LogP contribution >= 0.6 is 12.4 Å². The van der Waals surface area contributed by atoms with Gasteiger partial charge in [-0.2, -0.15) is 0 Å². The molecule has 4 nitrogen and oxygen atoms in total. The van der Waals surface area contributed by atoms with Gasteiger partial charge in [-0.3, -0.25) is 4.90 Å². The fourth-order valence-corrected chi connectivity index (χ4v) is 2.13. The molecule has 5 heteroatoms. The second-order valence-electron chi connectivity index (χ2n) is 4.99. The lowest BCUT2D eigenvalue weighted by Crippen LogP contribution is -2.41. The molecule has 1 aliphatic heterocycles. The number of benzene rings is 1. The van der Waals surface area contributed by atoms with Crippen LogP contribution in [0.25, 0.3) is 0 Å². The summed E-state index contributed by atoms with van der Waals surface area (Å²) in [6.07, 6.45) is -0.105. The highest BCUT2D eigenvalue weighted by molar-refractivity contribution is 5.89. The average molecular weight is 300 g/mol. The van der Waals surface area contributed by atoms with Crippen LogP contribution in [-0.2, 0) is 9.47 Å². The van der Waals surface area contributed by atoms with E-state index in [-0.39, 0.29) is 24.5 Å². The largest absolute Gasteiger partial charge is 0.458 e. The van der Waals surface area contributed by atoms with Crippen molar-refractivity contribution < 1.29 is 14.3 Å². The van der Waals surface area contributed by atoms with Crippen molar-refractivity contribution in [1.29, 1.82) is 0 Å². The Hall–Kier alpha value is -1.10. The first kappa shape index (κ1) is 17.0. The van der Waals surface area contributed by atoms with Crippen LogP contribution in [0.4, 0.5) is 0 Å². The summed E-state index contributed by atoms with van der Waals surface area (Å²) in [6.45, 7) is 8.04. The van der Waals surface area contributed by atoms with E-state index in [0.717, 1.165) is 38.4 Å². The number of hydrogen-bond donors (Lipinski definition) is 0. The standard InChI is InChI=1S/C15H21NO3.ClH/c1-12-3-5-14(6-4-12)15(17)19-13(2)11-16-7-9-18-10-8-16;/h3-6,13H,7-11H2,1-2H3;1H. The highest BCUT2D eigenvalue weighted by atomic mass is 35.5. The molecule has 0 spiro atoms. The number of carbonyl (C=O) groups is 1. The highest BCUT2D eigenvalue weighted by Gasteiger charge is 2.17. The Labute approximate surface area is 126 Å². The summed E-state index contributed by atoms with van der Waals surface area (Å²) >= 11 is 0. The van der Waals surface area contributed by atoms with Crippen LogP contribution in [0.5, 0.6) is 0 Å². The minimum atomic E-state index is -0.249. The van der Waals surface area contributed by atoms with E-state index in [1.165, 1.54) is 0 Å². The van der Waals surface area contributed by atoms with Gasteiger partial charge in [-0.05, 0) is 26.0 Å². The van der Waals surface area contributed by atoms with Crippen molar-refractivity contribution in [1.82, 2.24) is 4.90 Å². The number of morpholine rings is 1. The lowest BCUT2D eigenvalue weighted by Gasteiger charge is -2.28. The van der Waals surface area contributed by atoms with Gasteiger partial charge in [0.1, 0.15) is 6.10 Å². The first-order valence-corrected chi connectivity index (χ1v) is 6.73. The Balaban J connectivity index is 0.00000200. The molecule has 2 rings (SSSR count). The Morgan fingerprint density at radius 3 is 2.50 bits per heavy atom. The zero-order chi connectivity index (χ0) is 13.7. The summed E-state index contributed by atoms with van der Waals surface area (Å²) in [7, 11) is 0. The van der Waals surface area contributed by atoms with Gasteiger partial charge in [0.25, 0.3) is 0 Å². The Morgan fingerprint density at radius 2 is 1.90 bits per heavy atom. The van der Waals surface area contributed by atoms with Crippen LogP contribution in [0.3, 0.4) is 0 Å². The van der Waals surface area contributed by atoms with E-state index in [2.05, 4.69) is 4.90 Å². The second kappa shape index (κ2) is 8.25. The highest BCUT2D eigenvalue weighted by Crippen LogP contribution is 2.08. The van der Waals surface area contributed by atoms with Crippen molar-refractivity contribution in [2.45, 2.75) is 20.0 Å². The van der Waals surface area contributed by atoms with Gasteiger partial charge >= 0.3 is 5.97 Å². The van der Waals surface area contributed by atoms with Gasteiger partial charge in [-0.15, -0.1) is 12.4 Å². The SMILES string of the molecule is Cc1ccc(C(=O)OC(C)CN2CCOCC2)cc1.Cl. The number of aryl methyl sites for hydroxylation is 1. The third kappa shape index (κ3) is 5.12. The summed E-state index contributed by atoms with van der Waals surface area (Å²) in [5.74, 6) is -0.249. The van der Waals surface area contributed by atoms with Crippen LogP contribution in [-0.4, -0.2) is 49.8 Å². The van der Waals surface area contributed by atoms with Crippen molar-refractivity contribution in [2.24, 2.45) is 0 Å². The molecule has 1 fully saturated rings. The van der Waals surface area contributed by atoms with E-state index < -0.39 is 0 Å². The molecule has 0 radical (unpaired) electrons. The Kier molecular flexibility index (Phi) is 6.99. The number of halogens is 1. The van der Waals surface area contributed by atoms with E-state index in [1.807, 2.05) is 26.0 Å². The fraction of sp³-hybridized carbons (Fsp3) is 0.533. The molecule has 0 saturated carbocycles. The van der Waals surface area contributed by atoms with Crippen molar-refractivity contribution in [2.75, 3.05) is 32.8 Å². The first-order chi connectivity index (χ1) is 9.15. The van der Waals surface area contributed by atoms with E-state index in [9.17, 15) is 4.79 Å². The monoisotopic (exact) mass is 299 g/mol. The Bertz CT molecular complexity index is 416. The predicted octanol–water partition coefficient (Wildman–Crippen LogP) is 2.29. The van der Waals surface area contributed by atoms with Crippen LogP contribution in [0.15, 0.2) is 24.3 Å². The molecule has 1 aromatic rings. The minimum Gasteiger partial charge on any atom is -0.458 e. The van der Waals surface area contributed by atoms with Gasteiger partial charge in [0.15, 0.2) is 0 Å². The molecule has 1 atom stereocenters. The normalized spacial score (nSPS) is 17.1. The van der Waals surface area contributed by atoms with Crippen LogP contribution in [0.1, 0.15) is 22.8 Å². The third-order valence-corrected chi connectivity index (χ3v) is 3.21. The summed E-state index contributed by atoms with van der Waals surface area (Å²) < 4.78 is 10.8. The smallest absolute Gasteiger partial charge is 0.338 e. The molecule has 0 N–H and O–H groups in total. The van der Waals surface area contributed by atoms with Crippen molar-refractivity contribution in [3.63, 3.8) is 0 Å². The maximum absolute atomic E-state index is 11.9. The van der Waals surface area contributed by atoms with Crippen LogP contribution in [0, 0.1) is 6.92 Å². The first-order valence-electron chi connectivity index (χ1n) is 6.73. The molecule has 112 valence electrons. The predicted molar refractivity (Wildman–Crippen MR) is 80.6 cm³/mol. The minimum absolute atomic E-state index is 0. The molecule has 1 aromatic carbocycles. The zero-order valence-electron chi connectivity index (χ0n) is 12.0. The quantitative estimate of drug-likeness (QED) is 0.800. The lowest BCUT2D eigenvalue weighted by molar-refractivity contribution is 0.000448. The van der Waals surface area contributed by atoms with Crippen LogP contribution in [0.2, 0.25) is 0 Å². The van der Waals surface area contributed by atoms with E-state index in [4.69, 9.17) is 9.47 Å². The van der Waals surface area contributed by atoms with Gasteiger partial charge in [-0.1, -0.05) is 17.7 Å². The van der Waals surface area contributed by atoms with Gasteiger partial charge in [0.05, 0.1) is 18.8 Å². The van der Waals surface area contributed by atoms with Crippen molar-refractivity contribution in [3.8, 4) is 0 Å². The molecule has 0 bridgehead atoms. The molecule has 1 saturated heterocycles. The van der Waals surface area contributed by atoms with Gasteiger partial charge < -0.3 is 9.47 Å². The van der Waals surface area contributed by atoms with Crippen molar-refractivity contribution in [3.05, 3.63) is 35.4 Å².